The summed E-state index contributed by atoms with van der Waals surface area (Å²) in [6.45, 7) is 5.96. The minimum atomic E-state index is -3.96. The SMILES string of the molecule is C=CN(Cc1ccccc1)C(C)CS(=O)(=O)O. The fourth-order valence-corrected chi connectivity index (χ4v) is 2.40. The van der Waals surface area contributed by atoms with Gasteiger partial charge in [-0.15, -0.1) is 0 Å². The van der Waals surface area contributed by atoms with Gasteiger partial charge in [0.05, 0.1) is 5.75 Å². The number of benzene rings is 1. The summed E-state index contributed by atoms with van der Waals surface area (Å²) >= 11 is 0. The van der Waals surface area contributed by atoms with Crippen LogP contribution in [0.1, 0.15) is 12.5 Å². The molecule has 0 amide bonds. The highest BCUT2D eigenvalue weighted by Gasteiger charge is 2.16. The third-order valence-electron chi connectivity index (χ3n) is 2.46. The van der Waals surface area contributed by atoms with E-state index in [1.54, 1.807) is 18.0 Å². The Bertz CT molecular complexity index is 456. The van der Waals surface area contributed by atoms with Crippen molar-refractivity contribution >= 4 is 10.1 Å². The highest BCUT2D eigenvalue weighted by atomic mass is 32.2. The van der Waals surface area contributed by atoms with Crippen molar-refractivity contribution in [3.05, 3.63) is 48.7 Å². The molecule has 0 aromatic heterocycles. The van der Waals surface area contributed by atoms with Gasteiger partial charge < -0.3 is 4.90 Å². The van der Waals surface area contributed by atoms with Crippen LogP contribution in [0.4, 0.5) is 0 Å². The van der Waals surface area contributed by atoms with E-state index < -0.39 is 10.1 Å². The molecule has 0 saturated carbocycles. The predicted molar refractivity (Wildman–Crippen MR) is 68.1 cm³/mol. The first kappa shape index (κ1) is 13.7. The summed E-state index contributed by atoms with van der Waals surface area (Å²) in [7, 11) is -3.96. The van der Waals surface area contributed by atoms with E-state index in [0.29, 0.717) is 6.54 Å². The van der Waals surface area contributed by atoms with E-state index in [4.69, 9.17) is 4.55 Å². The van der Waals surface area contributed by atoms with E-state index in [1.165, 1.54) is 0 Å². The third-order valence-corrected chi connectivity index (χ3v) is 3.36. The maximum Gasteiger partial charge on any atom is 0.266 e. The Morgan fingerprint density at radius 3 is 2.47 bits per heavy atom. The van der Waals surface area contributed by atoms with Crippen molar-refractivity contribution in [1.29, 1.82) is 0 Å². The normalized spacial score (nSPS) is 13.1. The summed E-state index contributed by atoms with van der Waals surface area (Å²) in [5.41, 5.74) is 1.06. The molecule has 5 heteroatoms. The third kappa shape index (κ3) is 5.01. The van der Waals surface area contributed by atoms with Gasteiger partial charge in [-0.2, -0.15) is 8.42 Å². The van der Waals surface area contributed by atoms with Crippen LogP contribution in [0.3, 0.4) is 0 Å². The molecular weight excluding hydrogens is 238 g/mol. The second-order valence-corrected chi connectivity index (χ2v) is 5.44. The van der Waals surface area contributed by atoms with Gasteiger partial charge in [-0.1, -0.05) is 36.9 Å². The maximum atomic E-state index is 10.8. The minimum absolute atomic E-state index is 0.300. The number of rotatable bonds is 6. The van der Waals surface area contributed by atoms with Crippen molar-refractivity contribution in [2.45, 2.75) is 19.5 Å². The fourth-order valence-electron chi connectivity index (χ4n) is 1.60. The molecule has 0 aliphatic carbocycles. The molecule has 0 fully saturated rings. The molecule has 0 bridgehead atoms. The number of hydrogen-bond acceptors (Lipinski definition) is 3. The van der Waals surface area contributed by atoms with Gasteiger partial charge >= 0.3 is 0 Å². The smallest absolute Gasteiger partial charge is 0.266 e. The molecule has 4 nitrogen and oxygen atoms in total. The highest BCUT2D eigenvalue weighted by Crippen LogP contribution is 2.09. The molecule has 1 N–H and O–H groups in total. The molecule has 94 valence electrons. The Kier molecular flexibility index (Phi) is 4.72. The molecule has 1 atom stereocenters. The summed E-state index contributed by atoms with van der Waals surface area (Å²) in [6, 6.07) is 9.35. The van der Waals surface area contributed by atoms with Crippen LogP contribution >= 0.6 is 0 Å². The van der Waals surface area contributed by atoms with Crippen LogP contribution in [0.25, 0.3) is 0 Å². The zero-order chi connectivity index (χ0) is 12.9. The van der Waals surface area contributed by atoms with Gasteiger partial charge in [0.15, 0.2) is 0 Å². The summed E-state index contributed by atoms with van der Waals surface area (Å²) in [5.74, 6) is -0.300. The van der Waals surface area contributed by atoms with E-state index in [9.17, 15) is 8.42 Å². The van der Waals surface area contributed by atoms with Crippen molar-refractivity contribution in [2.75, 3.05) is 5.75 Å². The lowest BCUT2D eigenvalue weighted by molar-refractivity contribution is 0.301. The van der Waals surface area contributed by atoms with E-state index in [0.717, 1.165) is 5.56 Å². The lowest BCUT2D eigenvalue weighted by Crippen LogP contribution is -2.33. The minimum Gasteiger partial charge on any atom is -0.370 e. The second-order valence-electron chi connectivity index (χ2n) is 3.94. The predicted octanol–water partition coefficient (Wildman–Crippen LogP) is 1.91. The first-order chi connectivity index (χ1) is 7.92. The standard InChI is InChI=1S/C12H17NO3S/c1-3-13(11(2)10-17(14,15)16)9-12-7-5-4-6-8-12/h3-8,11H,1,9-10H2,2H3,(H,14,15,16). The largest absolute Gasteiger partial charge is 0.370 e. The molecule has 0 spiro atoms. The van der Waals surface area contributed by atoms with Crippen LogP contribution < -0.4 is 0 Å². The van der Waals surface area contributed by atoms with E-state index in [2.05, 4.69) is 6.58 Å². The van der Waals surface area contributed by atoms with Crippen molar-refractivity contribution in [2.24, 2.45) is 0 Å². The van der Waals surface area contributed by atoms with E-state index in [1.807, 2.05) is 30.3 Å². The second kappa shape index (κ2) is 5.84. The average Bonchev–Trinajstić information content (AvgIpc) is 2.24. The van der Waals surface area contributed by atoms with Gasteiger partial charge in [-0.3, -0.25) is 4.55 Å². The van der Waals surface area contributed by atoms with Crippen LogP contribution in [0.5, 0.6) is 0 Å². The molecule has 17 heavy (non-hydrogen) atoms. The lowest BCUT2D eigenvalue weighted by atomic mass is 10.2. The van der Waals surface area contributed by atoms with Crippen molar-refractivity contribution in [1.82, 2.24) is 4.90 Å². The zero-order valence-electron chi connectivity index (χ0n) is 9.78. The quantitative estimate of drug-likeness (QED) is 0.789. The fraction of sp³-hybridized carbons (Fsp3) is 0.333. The van der Waals surface area contributed by atoms with Gasteiger partial charge in [-0.05, 0) is 18.7 Å². The summed E-state index contributed by atoms with van der Waals surface area (Å²) in [4.78, 5) is 1.78. The van der Waals surface area contributed by atoms with Gasteiger partial charge in [0.25, 0.3) is 10.1 Å². The first-order valence-corrected chi connectivity index (χ1v) is 6.90. The van der Waals surface area contributed by atoms with Gasteiger partial charge in [0.1, 0.15) is 0 Å². The molecule has 0 heterocycles. The van der Waals surface area contributed by atoms with Crippen LogP contribution in [0.15, 0.2) is 43.1 Å². The van der Waals surface area contributed by atoms with Crippen LogP contribution in [-0.2, 0) is 16.7 Å². The molecule has 0 radical (unpaired) electrons. The zero-order valence-corrected chi connectivity index (χ0v) is 10.6. The van der Waals surface area contributed by atoms with Crippen molar-refractivity contribution in [3.63, 3.8) is 0 Å². The topological polar surface area (TPSA) is 57.6 Å². The molecule has 1 aromatic carbocycles. The van der Waals surface area contributed by atoms with Gasteiger partial charge in [0, 0.05) is 12.6 Å². The average molecular weight is 255 g/mol. The Labute approximate surface area is 102 Å². The lowest BCUT2D eigenvalue weighted by Gasteiger charge is -2.26. The van der Waals surface area contributed by atoms with Crippen molar-refractivity contribution in [3.8, 4) is 0 Å². The Hall–Kier alpha value is -1.33. The molecular formula is C12H17NO3S. The Morgan fingerprint density at radius 1 is 1.41 bits per heavy atom. The van der Waals surface area contributed by atoms with Crippen LogP contribution in [0, 0.1) is 0 Å². The molecule has 0 aliphatic rings. The molecule has 1 rings (SSSR count). The Balaban J connectivity index is 2.69. The van der Waals surface area contributed by atoms with Crippen LogP contribution in [-0.4, -0.2) is 29.7 Å². The van der Waals surface area contributed by atoms with Crippen molar-refractivity contribution < 1.29 is 13.0 Å². The van der Waals surface area contributed by atoms with Gasteiger partial charge in [-0.25, -0.2) is 0 Å². The van der Waals surface area contributed by atoms with E-state index >= 15 is 0 Å². The highest BCUT2D eigenvalue weighted by molar-refractivity contribution is 7.85. The first-order valence-electron chi connectivity index (χ1n) is 5.30. The molecule has 1 unspecified atom stereocenters. The summed E-state index contributed by atoms with van der Waals surface area (Å²) in [6.07, 6.45) is 1.59. The van der Waals surface area contributed by atoms with E-state index in [-0.39, 0.29) is 11.8 Å². The monoisotopic (exact) mass is 255 g/mol. The number of hydrogen-bond donors (Lipinski definition) is 1. The molecule has 0 saturated heterocycles. The van der Waals surface area contributed by atoms with Crippen LogP contribution in [0.2, 0.25) is 0 Å². The number of nitrogens with zero attached hydrogens (tertiary/aromatic N) is 1. The maximum absolute atomic E-state index is 10.8. The molecule has 1 aromatic rings. The Morgan fingerprint density at radius 2 is 2.00 bits per heavy atom. The summed E-state index contributed by atoms with van der Waals surface area (Å²) in [5, 5.41) is 0. The van der Waals surface area contributed by atoms with Gasteiger partial charge in [0.2, 0.25) is 0 Å². The summed E-state index contributed by atoms with van der Waals surface area (Å²) < 4.78 is 30.4. The molecule has 0 aliphatic heterocycles.